The average Bonchev–Trinajstić information content (AvgIpc) is 3.14. The first-order valence-corrected chi connectivity index (χ1v) is 10.5. The molecule has 1 N–H and O–H groups in total. The molecule has 1 heterocycles. The fraction of sp³-hybridized carbons (Fsp3) is 0.318. The summed E-state index contributed by atoms with van der Waals surface area (Å²) in [5, 5.41) is 12.3. The van der Waals surface area contributed by atoms with Crippen LogP contribution in [0.15, 0.2) is 47.6 Å². The Balaban J connectivity index is 1.60. The lowest BCUT2D eigenvalue weighted by atomic mass is 10.1. The van der Waals surface area contributed by atoms with E-state index in [2.05, 4.69) is 41.5 Å². The van der Waals surface area contributed by atoms with E-state index in [9.17, 15) is 4.79 Å². The van der Waals surface area contributed by atoms with Gasteiger partial charge in [-0.05, 0) is 44.0 Å². The van der Waals surface area contributed by atoms with Crippen LogP contribution >= 0.6 is 11.8 Å². The third-order valence-electron chi connectivity index (χ3n) is 4.60. The van der Waals surface area contributed by atoms with Crippen molar-refractivity contribution in [3.63, 3.8) is 0 Å². The highest BCUT2D eigenvalue weighted by Gasteiger charge is 2.14. The van der Waals surface area contributed by atoms with E-state index in [1.54, 1.807) is 7.11 Å². The van der Waals surface area contributed by atoms with E-state index in [1.165, 1.54) is 17.3 Å². The Morgan fingerprint density at radius 2 is 2.00 bits per heavy atom. The monoisotopic (exact) mass is 410 g/mol. The van der Waals surface area contributed by atoms with Crippen LogP contribution in [-0.4, -0.2) is 33.5 Å². The quantitative estimate of drug-likeness (QED) is 0.569. The van der Waals surface area contributed by atoms with Crippen molar-refractivity contribution in [2.24, 2.45) is 0 Å². The summed E-state index contributed by atoms with van der Waals surface area (Å²) in [6.07, 6.45) is 0. The fourth-order valence-corrected chi connectivity index (χ4v) is 3.87. The van der Waals surface area contributed by atoms with Gasteiger partial charge in [-0.2, -0.15) is 0 Å². The topological polar surface area (TPSA) is 69.0 Å². The summed E-state index contributed by atoms with van der Waals surface area (Å²) >= 11 is 1.40. The fourth-order valence-electron chi connectivity index (χ4n) is 3.03. The van der Waals surface area contributed by atoms with Crippen molar-refractivity contribution in [1.29, 1.82) is 0 Å². The van der Waals surface area contributed by atoms with Gasteiger partial charge in [-0.25, -0.2) is 0 Å². The van der Waals surface area contributed by atoms with Crippen LogP contribution in [-0.2, 0) is 17.9 Å². The molecule has 1 aromatic heterocycles. The normalized spacial score (nSPS) is 10.8. The number of rotatable bonds is 8. The van der Waals surface area contributed by atoms with Crippen LogP contribution < -0.4 is 10.1 Å². The molecule has 0 aliphatic rings. The molecular weight excluding hydrogens is 384 g/mol. The van der Waals surface area contributed by atoms with E-state index < -0.39 is 0 Å². The summed E-state index contributed by atoms with van der Waals surface area (Å²) in [7, 11) is 1.65. The van der Waals surface area contributed by atoms with E-state index in [-0.39, 0.29) is 11.7 Å². The maximum absolute atomic E-state index is 12.3. The van der Waals surface area contributed by atoms with E-state index in [1.807, 2.05) is 41.8 Å². The standard InChI is InChI=1S/C22H26N4O2S/c1-5-26-21(18-8-6-7-15(2)11-18)24-25-22(26)29-14-20(27)23-13-17-10-9-16(3)19(12-17)28-4/h6-12H,5,13-14H2,1-4H3,(H,23,27). The van der Waals surface area contributed by atoms with Crippen LogP contribution in [0, 0.1) is 13.8 Å². The number of aromatic nitrogens is 3. The predicted octanol–water partition coefficient (Wildman–Crippen LogP) is 4.00. The van der Waals surface area contributed by atoms with Gasteiger partial charge in [0.25, 0.3) is 0 Å². The molecule has 3 rings (SSSR count). The smallest absolute Gasteiger partial charge is 0.230 e. The van der Waals surface area contributed by atoms with Crippen molar-refractivity contribution in [3.05, 3.63) is 59.2 Å². The van der Waals surface area contributed by atoms with Gasteiger partial charge in [-0.1, -0.05) is 47.7 Å². The van der Waals surface area contributed by atoms with Gasteiger partial charge in [0.2, 0.25) is 5.91 Å². The van der Waals surface area contributed by atoms with Gasteiger partial charge < -0.3 is 14.6 Å². The van der Waals surface area contributed by atoms with Crippen molar-refractivity contribution < 1.29 is 9.53 Å². The van der Waals surface area contributed by atoms with Crippen LogP contribution in [0.25, 0.3) is 11.4 Å². The lowest BCUT2D eigenvalue weighted by molar-refractivity contribution is -0.118. The zero-order chi connectivity index (χ0) is 20.8. The molecule has 0 spiro atoms. The van der Waals surface area contributed by atoms with E-state index >= 15 is 0 Å². The first-order valence-electron chi connectivity index (χ1n) is 9.55. The number of nitrogens with one attached hydrogen (secondary N) is 1. The first kappa shape index (κ1) is 20.9. The molecule has 0 radical (unpaired) electrons. The Hall–Kier alpha value is -2.80. The lowest BCUT2D eigenvalue weighted by Gasteiger charge is -2.10. The molecule has 0 aliphatic heterocycles. The summed E-state index contributed by atoms with van der Waals surface area (Å²) in [6.45, 7) is 7.30. The molecule has 0 aliphatic carbocycles. The van der Waals surface area contributed by atoms with Gasteiger partial charge in [0.15, 0.2) is 11.0 Å². The summed E-state index contributed by atoms with van der Waals surface area (Å²) in [5.41, 5.74) is 4.28. The number of thioether (sulfide) groups is 1. The SMILES string of the molecule is CCn1c(SCC(=O)NCc2ccc(C)c(OC)c2)nnc1-c1cccc(C)c1. The van der Waals surface area contributed by atoms with Crippen LogP contribution in [0.4, 0.5) is 0 Å². The molecule has 0 fully saturated rings. The number of carbonyl (C=O) groups is 1. The van der Waals surface area contributed by atoms with Crippen molar-refractivity contribution >= 4 is 17.7 Å². The first-order chi connectivity index (χ1) is 14.0. The van der Waals surface area contributed by atoms with Crippen molar-refractivity contribution in [1.82, 2.24) is 20.1 Å². The number of ether oxygens (including phenoxy) is 1. The zero-order valence-electron chi connectivity index (χ0n) is 17.2. The van der Waals surface area contributed by atoms with Crippen LogP contribution in [0.1, 0.15) is 23.6 Å². The number of benzene rings is 2. The minimum Gasteiger partial charge on any atom is -0.496 e. The van der Waals surface area contributed by atoms with Gasteiger partial charge in [0, 0.05) is 18.7 Å². The van der Waals surface area contributed by atoms with E-state index in [4.69, 9.17) is 4.74 Å². The molecule has 6 nitrogen and oxygen atoms in total. The molecule has 152 valence electrons. The molecule has 1 amide bonds. The summed E-state index contributed by atoms with van der Waals surface area (Å²) < 4.78 is 7.37. The molecule has 29 heavy (non-hydrogen) atoms. The highest BCUT2D eigenvalue weighted by atomic mass is 32.2. The Kier molecular flexibility index (Phi) is 6.93. The Morgan fingerprint density at radius 3 is 2.72 bits per heavy atom. The van der Waals surface area contributed by atoms with E-state index in [0.29, 0.717) is 6.54 Å². The molecule has 0 unspecified atom stereocenters. The summed E-state index contributed by atoms with van der Waals surface area (Å²) in [5.74, 6) is 1.89. The number of hydrogen-bond donors (Lipinski definition) is 1. The van der Waals surface area contributed by atoms with Crippen molar-refractivity contribution in [2.75, 3.05) is 12.9 Å². The van der Waals surface area contributed by atoms with Crippen LogP contribution in [0.3, 0.4) is 0 Å². The van der Waals surface area contributed by atoms with E-state index in [0.717, 1.165) is 40.0 Å². The summed E-state index contributed by atoms with van der Waals surface area (Å²) in [4.78, 5) is 12.3. The molecule has 7 heteroatoms. The molecule has 0 atom stereocenters. The lowest BCUT2D eigenvalue weighted by Crippen LogP contribution is -2.24. The molecule has 3 aromatic rings. The molecule has 0 bridgehead atoms. The largest absolute Gasteiger partial charge is 0.496 e. The third kappa shape index (κ3) is 5.17. The number of aryl methyl sites for hydroxylation is 2. The number of carbonyl (C=O) groups excluding carboxylic acids is 1. The van der Waals surface area contributed by atoms with Gasteiger partial charge >= 0.3 is 0 Å². The highest BCUT2D eigenvalue weighted by molar-refractivity contribution is 7.99. The van der Waals surface area contributed by atoms with Gasteiger partial charge in [-0.3, -0.25) is 4.79 Å². The van der Waals surface area contributed by atoms with Gasteiger partial charge in [-0.15, -0.1) is 10.2 Å². The highest BCUT2D eigenvalue weighted by Crippen LogP contribution is 2.24. The second kappa shape index (κ2) is 9.60. The number of nitrogens with zero attached hydrogens (tertiary/aromatic N) is 3. The minimum absolute atomic E-state index is 0.0442. The van der Waals surface area contributed by atoms with Gasteiger partial charge in [0.1, 0.15) is 5.75 Å². The molecule has 2 aromatic carbocycles. The number of amides is 1. The van der Waals surface area contributed by atoms with Crippen LogP contribution in [0.5, 0.6) is 5.75 Å². The maximum Gasteiger partial charge on any atom is 0.230 e. The van der Waals surface area contributed by atoms with Gasteiger partial charge in [0.05, 0.1) is 12.9 Å². The predicted molar refractivity (Wildman–Crippen MR) is 116 cm³/mol. The minimum atomic E-state index is -0.0442. The molecule has 0 saturated carbocycles. The average molecular weight is 411 g/mol. The van der Waals surface area contributed by atoms with Crippen molar-refractivity contribution in [2.45, 2.75) is 39.0 Å². The maximum atomic E-state index is 12.3. The molecule has 0 saturated heterocycles. The Morgan fingerprint density at radius 1 is 1.17 bits per heavy atom. The van der Waals surface area contributed by atoms with Crippen LogP contribution in [0.2, 0.25) is 0 Å². The zero-order valence-corrected chi connectivity index (χ0v) is 18.0. The second-order valence-electron chi connectivity index (χ2n) is 6.79. The Labute approximate surface area is 175 Å². The number of hydrogen-bond acceptors (Lipinski definition) is 5. The summed E-state index contributed by atoms with van der Waals surface area (Å²) in [6, 6.07) is 14.1. The number of methoxy groups -OCH3 is 1. The second-order valence-corrected chi connectivity index (χ2v) is 7.73. The Bertz CT molecular complexity index is 1000. The molecular formula is C22H26N4O2S. The van der Waals surface area contributed by atoms with Crippen molar-refractivity contribution in [3.8, 4) is 17.1 Å². The third-order valence-corrected chi connectivity index (χ3v) is 5.57.